The molecule has 1 N–H and O–H groups in total. The van der Waals surface area contributed by atoms with Crippen molar-refractivity contribution in [2.24, 2.45) is 5.92 Å². The number of furan rings is 2. The predicted octanol–water partition coefficient (Wildman–Crippen LogP) is 1.89. The first-order valence-electron chi connectivity index (χ1n) is 8.23. The minimum atomic E-state index is -1.07. The van der Waals surface area contributed by atoms with E-state index < -0.39 is 11.9 Å². The minimum absolute atomic E-state index is 0.0847. The number of aryl methyl sites for hydroxylation is 1. The van der Waals surface area contributed by atoms with Gasteiger partial charge in [0, 0.05) is 20.0 Å². The zero-order valence-corrected chi connectivity index (χ0v) is 14.6. The van der Waals surface area contributed by atoms with Gasteiger partial charge in [-0.25, -0.2) is 4.79 Å². The smallest absolute Gasteiger partial charge is 0.339 e. The quantitative estimate of drug-likeness (QED) is 0.843. The minimum Gasteiger partial charge on any atom is -0.478 e. The van der Waals surface area contributed by atoms with E-state index in [1.165, 1.54) is 11.0 Å². The third-order valence-electron chi connectivity index (χ3n) is 4.46. The maximum atomic E-state index is 12.6. The summed E-state index contributed by atoms with van der Waals surface area (Å²) in [6.45, 7) is 2.39. The van der Waals surface area contributed by atoms with E-state index in [1.54, 1.807) is 37.3 Å². The van der Waals surface area contributed by atoms with Crippen molar-refractivity contribution in [1.82, 2.24) is 9.80 Å². The van der Waals surface area contributed by atoms with Gasteiger partial charge in [-0.1, -0.05) is 0 Å². The Kier molecular flexibility index (Phi) is 4.83. The monoisotopic (exact) mass is 360 g/mol. The van der Waals surface area contributed by atoms with Crippen molar-refractivity contribution in [2.45, 2.75) is 26.4 Å². The van der Waals surface area contributed by atoms with Crippen molar-refractivity contribution in [3.8, 4) is 0 Å². The third kappa shape index (κ3) is 3.63. The lowest BCUT2D eigenvalue weighted by Crippen LogP contribution is -2.34. The Balaban J connectivity index is 1.61. The molecule has 2 amide bonds. The van der Waals surface area contributed by atoms with Crippen LogP contribution in [-0.2, 0) is 22.7 Å². The fourth-order valence-electron chi connectivity index (χ4n) is 3.14. The van der Waals surface area contributed by atoms with Crippen molar-refractivity contribution in [1.29, 1.82) is 0 Å². The lowest BCUT2D eigenvalue weighted by molar-refractivity contribution is -0.135. The number of hydrogen-bond donors (Lipinski definition) is 1. The molecule has 2 aromatic heterocycles. The SMILES string of the molecule is Cc1oc(CN(C)C(=O)[C@H]2CC(=O)N(Cc3ccco3)C2)cc1C(=O)O. The maximum absolute atomic E-state index is 12.6. The average Bonchev–Trinajstić information content (AvgIpc) is 3.29. The number of aromatic carboxylic acids is 1. The molecule has 3 heterocycles. The summed E-state index contributed by atoms with van der Waals surface area (Å²) in [7, 11) is 1.61. The van der Waals surface area contributed by atoms with E-state index in [0.29, 0.717) is 30.4 Å². The molecular formula is C18H20N2O6. The molecule has 8 heteroatoms. The first kappa shape index (κ1) is 17.8. The predicted molar refractivity (Wildman–Crippen MR) is 89.1 cm³/mol. The fourth-order valence-corrected chi connectivity index (χ4v) is 3.14. The van der Waals surface area contributed by atoms with Gasteiger partial charge in [-0.2, -0.15) is 0 Å². The number of amides is 2. The molecule has 0 aliphatic carbocycles. The van der Waals surface area contributed by atoms with Crippen molar-refractivity contribution < 1.29 is 28.3 Å². The van der Waals surface area contributed by atoms with Gasteiger partial charge in [-0.3, -0.25) is 9.59 Å². The molecule has 8 nitrogen and oxygen atoms in total. The molecule has 0 bridgehead atoms. The van der Waals surface area contributed by atoms with Gasteiger partial charge in [-0.15, -0.1) is 0 Å². The number of nitrogens with zero attached hydrogens (tertiary/aromatic N) is 2. The standard InChI is InChI=1S/C18H20N2O6/c1-11-15(18(23)24)7-14(26-11)9-19(2)17(22)12-6-16(21)20(8-12)10-13-4-3-5-25-13/h3-5,7,12H,6,8-10H2,1-2H3,(H,23,24)/t12-/m0/s1. The highest BCUT2D eigenvalue weighted by atomic mass is 16.4. The third-order valence-corrected chi connectivity index (χ3v) is 4.46. The first-order chi connectivity index (χ1) is 12.3. The second-order valence-electron chi connectivity index (χ2n) is 6.44. The number of carbonyl (C=O) groups excluding carboxylic acids is 2. The topological polar surface area (TPSA) is 104 Å². The van der Waals surface area contributed by atoms with E-state index in [0.717, 1.165) is 0 Å². The van der Waals surface area contributed by atoms with Crippen LogP contribution in [0.15, 0.2) is 33.3 Å². The van der Waals surface area contributed by atoms with Gasteiger partial charge in [0.15, 0.2) is 0 Å². The Morgan fingerprint density at radius 3 is 2.77 bits per heavy atom. The number of hydrogen-bond acceptors (Lipinski definition) is 5. The van der Waals surface area contributed by atoms with Gasteiger partial charge in [-0.05, 0) is 25.1 Å². The Labute approximate surface area is 150 Å². The fraction of sp³-hybridized carbons (Fsp3) is 0.389. The normalized spacial score (nSPS) is 16.9. The van der Waals surface area contributed by atoms with Crippen molar-refractivity contribution in [2.75, 3.05) is 13.6 Å². The van der Waals surface area contributed by atoms with E-state index in [2.05, 4.69) is 0 Å². The number of likely N-dealkylation sites (tertiary alicyclic amines) is 1. The zero-order valence-electron chi connectivity index (χ0n) is 14.6. The summed E-state index contributed by atoms with van der Waals surface area (Å²) in [6, 6.07) is 4.96. The molecule has 0 radical (unpaired) electrons. The summed E-state index contributed by atoms with van der Waals surface area (Å²) in [4.78, 5) is 38.9. The summed E-state index contributed by atoms with van der Waals surface area (Å²) in [6.07, 6.45) is 1.70. The Bertz CT molecular complexity index is 823. The van der Waals surface area contributed by atoms with Gasteiger partial charge in [0.25, 0.3) is 0 Å². The van der Waals surface area contributed by atoms with Crippen LogP contribution in [0.1, 0.15) is 34.1 Å². The van der Waals surface area contributed by atoms with Crippen molar-refractivity contribution in [3.63, 3.8) is 0 Å². The summed E-state index contributed by atoms with van der Waals surface area (Å²) in [5.41, 5.74) is 0.0847. The molecule has 1 atom stereocenters. The van der Waals surface area contributed by atoms with Crippen LogP contribution < -0.4 is 0 Å². The summed E-state index contributed by atoms with van der Waals surface area (Å²) < 4.78 is 10.7. The van der Waals surface area contributed by atoms with Gasteiger partial charge in [0.05, 0.1) is 25.3 Å². The molecule has 0 saturated carbocycles. The van der Waals surface area contributed by atoms with Gasteiger partial charge in [0.1, 0.15) is 22.8 Å². The Hall–Kier alpha value is -3.03. The maximum Gasteiger partial charge on any atom is 0.339 e. The van der Waals surface area contributed by atoms with Crippen LogP contribution >= 0.6 is 0 Å². The average molecular weight is 360 g/mol. The molecule has 3 rings (SSSR count). The van der Waals surface area contributed by atoms with Gasteiger partial charge < -0.3 is 23.7 Å². The summed E-state index contributed by atoms with van der Waals surface area (Å²) in [5.74, 6) is -0.395. The van der Waals surface area contributed by atoms with Crippen molar-refractivity contribution in [3.05, 3.63) is 47.3 Å². The second-order valence-corrected chi connectivity index (χ2v) is 6.44. The van der Waals surface area contributed by atoms with Crippen LogP contribution in [0.3, 0.4) is 0 Å². The molecule has 0 aromatic carbocycles. The number of carbonyl (C=O) groups is 3. The number of rotatable bonds is 6. The van der Waals surface area contributed by atoms with E-state index in [4.69, 9.17) is 13.9 Å². The largest absolute Gasteiger partial charge is 0.478 e. The van der Waals surface area contributed by atoms with Crippen LogP contribution in [0.2, 0.25) is 0 Å². The zero-order chi connectivity index (χ0) is 18.8. The molecule has 138 valence electrons. The lowest BCUT2D eigenvalue weighted by atomic mass is 10.1. The molecule has 0 spiro atoms. The molecule has 0 unspecified atom stereocenters. The van der Waals surface area contributed by atoms with Crippen LogP contribution in [0.5, 0.6) is 0 Å². The van der Waals surface area contributed by atoms with E-state index in [9.17, 15) is 14.4 Å². The molecule has 1 fully saturated rings. The number of carboxylic acid groups (broad SMARTS) is 1. The van der Waals surface area contributed by atoms with Crippen LogP contribution in [0.4, 0.5) is 0 Å². The Morgan fingerprint density at radius 2 is 2.15 bits per heavy atom. The number of carboxylic acids is 1. The van der Waals surface area contributed by atoms with E-state index >= 15 is 0 Å². The summed E-state index contributed by atoms with van der Waals surface area (Å²) in [5, 5.41) is 9.07. The van der Waals surface area contributed by atoms with Crippen LogP contribution in [0, 0.1) is 12.8 Å². The highest BCUT2D eigenvalue weighted by molar-refractivity contribution is 5.90. The van der Waals surface area contributed by atoms with Gasteiger partial charge in [0.2, 0.25) is 11.8 Å². The first-order valence-corrected chi connectivity index (χ1v) is 8.23. The molecule has 1 aliphatic heterocycles. The van der Waals surface area contributed by atoms with Crippen molar-refractivity contribution >= 4 is 17.8 Å². The van der Waals surface area contributed by atoms with Gasteiger partial charge >= 0.3 is 5.97 Å². The second kappa shape index (κ2) is 7.07. The highest BCUT2D eigenvalue weighted by Crippen LogP contribution is 2.23. The summed E-state index contributed by atoms with van der Waals surface area (Å²) >= 11 is 0. The molecule has 26 heavy (non-hydrogen) atoms. The molecule has 1 aliphatic rings. The van der Waals surface area contributed by atoms with E-state index in [-0.39, 0.29) is 30.3 Å². The van der Waals surface area contributed by atoms with Crippen LogP contribution in [0.25, 0.3) is 0 Å². The molecule has 2 aromatic rings. The van der Waals surface area contributed by atoms with E-state index in [1.807, 2.05) is 0 Å². The molecular weight excluding hydrogens is 340 g/mol. The Morgan fingerprint density at radius 1 is 1.38 bits per heavy atom. The lowest BCUT2D eigenvalue weighted by Gasteiger charge is -2.20. The highest BCUT2D eigenvalue weighted by Gasteiger charge is 2.36. The molecule has 1 saturated heterocycles. The van der Waals surface area contributed by atoms with Crippen LogP contribution in [-0.4, -0.2) is 46.3 Å².